The van der Waals surface area contributed by atoms with Gasteiger partial charge in [0.05, 0.1) is 5.33 Å². The summed E-state index contributed by atoms with van der Waals surface area (Å²) in [5.41, 5.74) is -0.537. The highest BCUT2D eigenvalue weighted by atomic mass is 79.9. The molecule has 0 atom stereocenters. The van der Waals surface area contributed by atoms with Crippen molar-refractivity contribution in [2.24, 2.45) is 0 Å². The number of aromatic carboxylic acids is 2. The summed E-state index contributed by atoms with van der Waals surface area (Å²) < 4.78 is 0. The highest BCUT2D eigenvalue weighted by Gasteiger charge is 2.11. The molecule has 9 heteroatoms. The van der Waals surface area contributed by atoms with E-state index >= 15 is 0 Å². The van der Waals surface area contributed by atoms with Crippen molar-refractivity contribution in [2.75, 3.05) is 5.33 Å². The number of nitrogens with one attached hydrogen (secondary N) is 1. The second-order valence-corrected chi connectivity index (χ2v) is 3.36. The van der Waals surface area contributed by atoms with Gasteiger partial charge < -0.3 is 15.7 Å². The molecule has 18 heavy (non-hydrogen) atoms. The third-order valence-electron chi connectivity index (χ3n) is 1.57. The largest absolute Gasteiger partial charge is 0.477 e. The molecule has 0 saturated heterocycles. The Morgan fingerprint density at radius 1 is 1.33 bits per heavy atom. The van der Waals surface area contributed by atoms with Crippen molar-refractivity contribution in [3.8, 4) is 0 Å². The number of aromatic amines is 1. The highest BCUT2D eigenvalue weighted by Crippen LogP contribution is 1.98. The fourth-order valence-electron chi connectivity index (χ4n) is 0.635. The molecule has 0 aromatic carbocycles. The number of alkyl halides is 1. The van der Waals surface area contributed by atoms with E-state index in [9.17, 15) is 14.4 Å². The number of carboxylic acids is 2. The van der Waals surface area contributed by atoms with E-state index < -0.39 is 11.9 Å². The van der Waals surface area contributed by atoms with Gasteiger partial charge in [-0.05, 0) is 0 Å². The molecule has 0 aliphatic heterocycles. The Balaban J connectivity index is 0. The molecule has 5 N–H and O–H groups in total. The Hall–Kier alpha value is -1.74. The average Bonchev–Trinajstić information content (AvgIpc) is 2.78. The number of ketones is 1. The van der Waals surface area contributed by atoms with Gasteiger partial charge >= 0.3 is 11.9 Å². The Bertz CT molecular complexity index is 382. The van der Waals surface area contributed by atoms with Crippen LogP contribution in [0.25, 0.3) is 0 Å². The Morgan fingerprint density at radius 3 is 2.06 bits per heavy atom. The van der Waals surface area contributed by atoms with Gasteiger partial charge in [0.15, 0.2) is 5.69 Å². The standard InChI is InChI=1S/C5H4N2O4.C4H7BrO.H2O/c8-4(9)2-1-3(5(10)11)7-6-2;1-2-4(6)3-5;/h1H,(H,6,7)(H,8,9)(H,10,11);2-3H2,1H3;1H2. The van der Waals surface area contributed by atoms with Crippen LogP contribution in [0.3, 0.4) is 0 Å². The van der Waals surface area contributed by atoms with Crippen molar-refractivity contribution in [2.45, 2.75) is 13.3 Å². The van der Waals surface area contributed by atoms with E-state index in [0.717, 1.165) is 6.07 Å². The third kappa shape index (κ3) is 6.76. The monoisotopic (exact) mass is 324 g/mol. The van der Waals surface area contributed by atoms with Crippen LogP contribution >= 0.6 is 15.9 Å². The summed E-state index contributed by atoms with van der Waals surface area (Å²) in [6.07, 6.45) is 0.644. The zero-order valence-electron chi connectivity index (χ0n) is 9.44. The average molecular weight is 325 g/mol. The number of halogens is 1. The molecule has 0 bridgehead atoms. The molecule has 0 saturated carbocycles. The van der Waals surface area contributed by atoms with E-state index in [2.05, 4.69) is 26.1 Å². The summed E-state index contributed by atoms with van der Waals surface area (Å²) >= 11 is 3.03. The van der Waals surface area contributed by atoms with Gasteiger partial charge in [-0.1, -0.05) is 22.9 Å². The van der Waals surface area contributed by atoms with Crippen LogP contribution in [0.1, 0.15) is 34.3 Å². The second kappa shape index (κ2) is 9.31. The first-order valence-electron chi connectivity index (χ1n) is 4.52. The van der Waals surface area contributed by atoms with E-state index in [4.69, 9.17) is 10.2 Å². The Labute approximate surface area is 110 Å². The van der Waals surface area contributed by atoms with E-state index in [1.54, 1.807) is 0 Å². The van der Waals surface area contributed by atoms with Crippen LogP contribution in [-0.4, -0.2) is 48.9 Å². The Morgan fingerprint density at radius 2 is 1.89 bits per heavy atom. The minimum atomic E-state index is -1.26. The maximum absolute atomic E-state index is 10.2. The maximum atomic E-state index is 10.2. The van der Waals surface area contributed by atoms with Gasteiger partial charge in [0, 0.05) is 12.5 Å². The number of carbonyl (C=O) groups excluding carboxylic acids is 1. The van der Waals surface area contributed by atoms with Crippen LogP contribution in [0.5, 0.6) is 0 Å². The molecule has 0 aliphatic carbocycles. The molecule has 8 nitrogen and oxygen atoms in total. The van der Waals surface area contributed by atoms with E-state index in [0.29, 0.717) is 11.8 Å². The molecule has 102 valence electrons. The van der Waals surface area contributed by atoms with Crippen molar-refractivity contribution in [3.05, 3.63) is 17.5 Å². The molecule has 0 fully saturated rings. The van der Waals surface area contributed by atoms with E-state index in [1.165, 1.54) is 0 Å². The first kappa shape index (κ1) is 18.6. The number of nitrogens with zero attached hydrogens (tertiary/aromatic N) is 1. The van der Waals surface area contributed by atoms with Gasteiger partial charge in [0.25, 0.3) is 0 Å². The molecule has 0 spiro atoms. The number of rotatable bonds is 4. The van der Waals surface area contributed by atoms with Gasteiger partial charge in [0.1, 0.15) is 11.5 Å². The lowest BCUT2D eigenvalue weighted by atomic mass is 10.3. The first-order valence-corrected chi connectivity index (χ1v) is 5.64. The smallest absolute Gasteiger partial charge is 0.356 e. The van der Waals surface area contributed by atoms with Crippen LogP contribution in [0, 0.1) is 0 Å². The molecular weight excluding hydrogens is 312 g/mol. The lowest BCUT2D eigenvalue weighted by Gasteiger charge is -1.80. The summed E-state index contributed by atoms with van der Waals surface area (Å²) in [4.78, 5) is 30.5. The van der Waals surface area contributed by atoms with Gasteiger partial charge in [0.2, 0.25) is 0 Å². The minimum absolute atomic E-state index is 0. The summed E-state index contributed by atoms with van der Waals surface area (Å²) in [5.74, 6) is -2.23. The second-order valence-electron chi connectivity index (χ2n) is 2.80. The van der Waals surface area contributed by atoms with Gasteiger partial charge in [-0.25, -0.2) is 9.59 Å². The van der Waals surface area contributed by atoms with E-state index in [-0.39, 0.29) is 22.6 Å². The molecule has 1 aromatic heterocycles. The number of carboxylic acid groups (broad SMARTS) is 2. The summed E-state index contributed by atoms with van der Waals surface area (Å²) in [7, 11) is 0. The van der Waals surface area contributed by atoms with E-state index in [1.807, 2.05) is 6.92 Å². The number of hydrogen-bond acceptors (Lipinski definition) is 4. The zero-order valence-corrected chi connectivity index (χ0v) is 11.0. The van der Waals surface area contributed by atoms with Crippen molar-refractivity contribution in [1.82, 2.24) is 10.2 Å². The van der Waals surface area contributed by atoms with Crippen LogP contribution in [-0.2, 0) is 4.79 Å². The quantitative estimate of drug-likeness (QED) is 0.679. The third-order valence-corrected chi connectivity index (χ3v) is 2.20. The summed E-state index contributed by atoms with van der Waals surface area (Å²) in [6.45, 7) is 1.85. The van der Waals surface area contributed by atoms with Gasteiger partial charge in [-0.3, -0.25) is 9.89 Å². The predicted octanol–water partition coefficient (Wildman–Crippen LogP) is 0.342. The number of hydrogen-bond donors (Lipinski definition) is 3. The molecule has 0 aliphatic rings. The summed E-state index contributed by atoms with van der Waals surface area (Å²) in [6, 6.07) is 0.949. The molecule has 1 aromatic rings. The van der Waals surface area contributed by atoms with Crippen molar-refractivity contribution in [1.29, 1.82) is 0 Å². The van der Waals surface area contributed by atoms with Crippen LogP contribution in [0.15, 0.2) is 6.07 Å². The van der Waals surface area contributed by atoms with Crippen LogP contribution in [0.2, 0.25) is 0 Å². The predicted molar refractivity (Wildman–Crippen MR) is 65.2 cm³/mol. The normalized spacial score (nSPS) is 8.56. The summed E-state index contributed by atoms with van der Waals surface area (Å²) in [5, 5.41) is 22.4. The number of Topliss-reactive ketones (excluding diaryl/α,β-unsaturated/α-hetero) is 1. The maximum Gasteiger partial charge on any atom is 0.356 e. The van der Waals surface area contributed by atoms with Crippen molar-refractivity contribution >= 4 is 33.7 Å². The Kier molecular flexibility index (Phi) is 9.63. The van der Waals surface area contributed by atoms with Crippen molar-refractivity contribution in [3.63, 3.8) is 0 Å². The number of aromatic nitrogens is 2. The lowest BCUT2D eigenvalue weighted by molar-refractivity contribution is -0.116. The molecule has 0 unspecified atom stereocenters. The fraction of sp³-hybridized carbons (Fsp3) is 0.333. The highest BCUT2D eigenvalue weighted by molar-refractivity contribution is 9.09. The topological polar surface area (TPSA) is 152 Å². The number of carbonyl (C=O) groups is 3. The zero-order chi connectivity index (χ0) is 13.4. The van der Waals surface area contributed by atoms with Gasteiger partial charge in [-0.2, -0.15) is 5.10 Å². The number of H-pyrrole nitrogens is 1. The van der Waals surface area contributed by atoms with Crippen molar-refractivity contribution < 1.29 is 30.1 Å². The van der Waals surface area contributed by atoms with Crippen LogP contribution < -0.4 is 0 Å². The first-order chi connectivity index (χ1) is 7.92. The SMILES string of the molecule is CCC(=O)CBr.O.O=C(O)c1cc(C(=O)O)[nH]n1. The molecule has 1 rings (SSSR count). The minimum Gasteiger partial charge on any atom is -0.477 e. The fourth-order valence-corrected chi connectivity index (χ4v) is 1.03. The molecule has 1 heterocycles. The molecule has 0 radical (unpaired) electrons. The molecular formula is C9H13BrN2O6. The molecule has 0 amide bonds. The van der Waals surface area contributed by atoms with Crippen LogP contribution in [0.4, 0.5) is 0 Å². The lowest BCUT2D eigenvalue weighted by Crippen LogP contribution is -1.96. The van der Waals surface area contributed by atoms with Gasteiger partial charge in [-0.15, -0.1) is 0 Å².